The molecule has 19 heavy (non-hydrogen) atoms. The van der Waals surface area contributed by atoms with Crippen molar-refractivity contribution in [3.63, 3.8) is 0 Å². The number of sulfonamides is 1. The fourth-order valence-corrected chi connectivity index (χ4v) is 2.78. The van der Waals surface area contributed by atoms with Crippen molar-refractivity contribution in [3.8, 4) is 0 Å². The lowest BCUT2D eigenvalue weighted by Gasteiger charge is -2.08. The van der Waals surface area contributed by atoms with Gasteiger partial charge in [0.15, 0.2) is 0 Å². The van der Waals surface area contributed by atoms with Gasteiger partial charge in [-0.1, -0.05) is 12.1 Å². The quantitative estimate of drug-likeness (QED) is 0.667. The first-order chi connectivity index (χ1) is 9.10. The SMILES string of the molecule is CCOCCCNS(=O)(=O)c1cccc(CNC)c1. The maximum atomic E-state index is 12.0. The van der Waals surface area contributed by atoms with Gasteiger partial charge in [0.05, 0.1) is 4.90 Å². The molecule has 0 atom stereocenters. The lowest BCUT2D eigenvalue weighted by molar-refractivity contribution is 0.146. The highest BCUT2D eigenvalue weighted by molar-refractivity contribution is 7.89. The second-order valence-electron chi connectivity index (χ2n) is 4.13. The zero-order valence-corrected chi connectivity index (χ0v) is 12.3. The van der Waals surface area contributed by atoms with Gasteiger partial charge in [0.25, 0.3) is 0 Å². The van der Waals surface area contributed by atoms with E-state index < -0.39 is 10.0 Å². The van der Waals surface area contributed by atoms with Crippen molar-refractivity contribution >= 4 is 10.0 Å². The van der Waals surface area contributed by atoms with Gasteiger partial charge >= 0.3 is 0 Å². The largest absolute Gasteiger partial charge is 0.382 e. The van der Waals surface area contributed by atoms with Crippen LogP contribution in [0.2, 0.25) is 0 Å². The molecule has 1 rings (SSSR count). The summed E-state index contributed by atoms with van der Waals surface area (Å²) in [4.78, 5) is 0.302. The Kier molecular flexibility index (Phi) is 7.01. The minimum absolute atomic E-state index is 0.302. The van der Waals surface area contributed by atoms with Crippen LogP contribution in [0, 0.1) is 0 Å². The molecule has 108 valence electrons. The van der Waals surface area contributed by atoms with Gasteiger partial charge in [0.2, 0.25) is 10.0 Å². The van der Waals surface area contributed by atoms with E-state index in [4.69, 9.17) is 4.74 Å². The van der Waals surface area contributed by atoms with Crippen molar-refractivity contribution in [2.24, 2.45) is 0 Å². The number of benzene rings is 1. The Morgan fingerprint density at radius 2 is 2.11 bits per heavy atom. The normalized spacial score (nSPS) is 11.7. The highest BCUT2D eigenvalue weighted by Crippen LogP contribution is 2.11. The van der Waals surface area contributed by atoms with Gasteiger partial charge in [-0.3, -0.25) is 0 Å². The van der Waals surface area contributed by atoms with E-state index in [-0.39, 0.29) is 0 Å². The molecular weight excluding hydrogens is 264 g/mol. The van der Waals surface area contributed by atoms with E-state index in [0.717, 1.165) is 5.56 Å². The molecule has 0 aromatic heterocycles. The fourth-order valence-electron chi connectivity index (χ4n) is 1.64. The molecule has 1 aromatic carbocycles. The summed E-state index contributed by atoms with van der Waals surface area (Å²) in [7, 11) is -1.60. The van der Waals surface area contributed by atoms with Crippen LogP contribution in [-0.2, 0) is 21.3 Å². The minimum Gasteiger partial charge on any atom is -0.382 e. The molecule has 0 saturated heterocycles. The summed E-state index contributed by atoms with van der Waals surface area (Å²) in [6, 6.07) is 6.93. The third-order valence-corrected chi connectivity index (χ3v) is 4.01. The predicted molar refractivity (Wildman–Crippen MR) is 75.5 cm³/mol. The summed E-state index contributed by atoms with van der Waals surface area (Å²) >= 11 is 0. The van der Waals surface area contributed by atoms with E-state index in [0.29, 0.717) is 37.6 Å². The van der Waals surface area contributed by atoms with Gasteiger partial charge in [-0.2, -0.15) is 0 Å². The Labute approximate surface area is 115 Å². The summed E-state index contributed by atoms with van der Waals surface area (Å²) in [5, 5.41) is 3.00. The van der Waals surface area contributed by atoms with Gasteiger partial charge in [-0.15, -0.1) is 0 Å². The van der Waals surface area contributed by atoms with Gasteiger partial charge in [0.1, 0.15) is 0 Å². The van der Waals surface area contributed by atoms with Crippen LogP contribution in [0.1, 0.15) is 18.9 Å². The maximum absolute atomic E-state index is 12.0. The minimum atomic E-state index is -3.42. The van der Waals surface area contributed by atoms with Crippen LogP contribution < -0.4 is 10.0 Å². The van der Waals surface area contributed by atoms with E-state index in [1.807, 2.05) is 20.0 Å². The molecule has 5 nitrogen and oxygen atoms in total. The first-order valence-electron chi connectivity index (χ1n) is 6.41. The first kappa shape index (κ1) is 16.1. The molecule has 0 bridgehead atoms. The molecule has 0 heterocycles. The average Bonchev–Trinajstić information content (AvgIpc) is 2.39. The highest BCUT2D eigenvalue weighted by Gasteiger charge is 2.13. The molecule has 2 N–H and O–H groups in total. The molecule has 0 saturated carbocycles. The van der Waals surface area contributed by atoms with Crippen molar-refractivity contribution < 1.29 is 13.2 Å². The summed E-state index contributed by atoms with van der Waals surface area (Å²) in [6.07, 6.45) is 0.670. The number of nitrogens with one attached hydrogen (secondary N) is 2. The molecule has 1 aromatic rings. The summed E-state index contributed by atoms with van der Waals surface area (Å²) < 4.78 is 31.8. The Morgan fingerprint density at radius 1 is 1.32 bits per heavy atom. The lowest BCUT2D eigenvalue weighted by atomic mass is 10.2. The molecule has 0 aliphatic rings. The second-order valence-corrected chi connectivity index (χ2v) is 5.89. The Balaban J connectivity index is 2.58. The van der Waals surface area contributed by atoms with Crippen LogP contribution in [0.25, 0.3) is 0 Å². The van der Waals surface area contributed by atoms with Gasteiger partial charge in [-0.25, -0.2) is 13.1 Å². The number of rotatable bonds is 9. The molecule has 0 amide bonds. The van der Waals surface area contributed by atoms with Crippen LogP contribution in [0.4, 0.5) is 0 Å². The molecule has 0 aliphatic heterocycles. The zero-order chi connectivity index (χ0) is 14.1. The Hall–Kier alpha value is -0.950. The topological polar surface area (TPSA) is 67.4 Å². The standard InChI is InChI=1S/C13H22N2O3S/c1-3-18-9-5-8-15-19(16,17)13-7-4-6-12(10-13)11-14-2/h4,6-7,10,14-15H,3,5,8-9,11H2,1-2H3. The number of hydrogen-bond acceptors (Lipinski definition) is 4. The fraction of sp³-hybridized carbons (Fsp3) is 0.538. The molecular formula is C13H22N2O3S. The van der Waals surface area contributed by atoms with Crippen LogP contribution >= 0.6 is 0 Å². The van der Waals surface area contributed by atoms with E-state index in [9.17, 15) is 8.42 Å². The van der Waals surface area contributed by atoms with Crippen molar-refractivity contribution in [2.45, 2.75) is 24.8 Å². The smallest absolute Gasteiger partial charge is 0.240 e. The second kappa shape index (κ2) is 8.27. The van der Waals surface area contributed by atoms with Crippen LogP contribution in [0.15, 0.2) is 29.2 Å². The summed E-state index contributed by atoms with van der Waals surface area (Å²) in [5.74, 6) is 0. The summed E-state index contributed by atoms with van der Waals surface area (Å²) in [5.41, 5.74) is 0.944. The van der Waals surface area contributed by atoms with Gasteiger partial charge < -0.3 is 10.1 Å². The maximum Gasteiger partial charge on any atom is 0.240 e. The van der Waals surface area contributed by atoms with Crippen molar-refractivity contribution in [2.75, 3.05) is 26.8 Å². The Bertz CT molecular complexity index is 475. The molecule has 0 fully saturated rings. The van der Waals surface area contributed by atoms with Crippen LogP contribution in [0.3, 0.4) is 0 Å². The van der Waals surface area contributed by atoms with Crippen LogP contribution in [-0.4, -0.2) is 35.2 Å². The Morgan fingerprint density at radius 3 is 2.79 bits per heavy atom. The number of hydrogen-bond donors (Lipinski definition) is 2. The van der Waals surface area contributed by atoms with Gasteiger partial charge in [-0.05, 0) is 38.1 Å². The first-order valence-corrected chi connectivity index (χ1v) is 7.89. The molecule has 0 spiro atoms. The monoisotopic (exact) mass is 286 g/mol. The average molecular weight is 286 g/mol. The summed E-state index contributed by atoms with van der Waals surface area (Å²) in [6.45, 7) is 4.17. The number of ether oxygens (including phenoxy) is 1. The van der Waals surface area contributed by atoms with Crippen molar-refractivity contribution in [1.82, 2.24) is 10.0 Å². The lowest BCUT2D eigenvalue weighted by Crippen LogP contribution is -2.25. The van der Waals surface area contributed by atoms with E-state index in [2.05, 4.69) is 10.0 Å². The predicted octanol–water partition coefficient (Wildman–Crippen LogP) is 1.11. The van der Waals surface area contributed by atoms with E-state index >= 15 is 0 Å². The zero-order valence-electron chi connectivity index (χ0n) is 11.5. The van der Waals surface area contributed by atoms with Crippen LogP contribution in [0.5, 0.6) is 0 Å². The van der Waals surface area contributed by atoms with Gasteiger partial charge in [0, 0.05) is 26.3 Å². The third kappa shape index (κ3) is 5.69. The molecule has 0 aliphatic carbocycles. The van der Waals surface area contributed by atoms with E-state index in [1.54, 1.807) is 18.2 Å². The molecule has 0 unspecified atom stereocenters. The van der Waals surface area contributed by atoms with E-state index in [1.165, 1.54) is 0 Å². The third-order valence-electron chi connectivity index (χ3n) is 2.55. The van der Waals surface area contributed by atoms with Crippen molar-refractivity contribution in [3.05, 3.63) is 29.8 Å². The van der Waals surface area contributed by atoms with Crippen molar-refractivity contribution in [1.29, 1.82) is 0 Å². The molecule has 0 radical (unpaired) electrons. The highest BCUT2D eigenvalue weighted by atomic mass is 32.2. The molecule has 6 heteroatoms.